The summed E-state index contributed by atoms with van der Waals surface area (Å²) in [6.45, 7) is 0.163. The first-order valence-electron chi connectivity index (χ1n) is 6.11. The van der Waals surface area contributed by atoms with E-state index in [0.717, 1.165) is 5.56 Å². The zero-order valence-electron chi connectivity index (χ0n) is 11.0. The van der Waals surface area contributed by atoms with Crippen molar-refractivity contribution in [3.8, 4) is 0 Å². The lowest BCUT2D eigenvalue weighted by Gasteiger charge is -2.09. The quantitative estimate of drug-likeness (QED) is 0.392. The number of anilines is 1. The van der Waals surface area contributed by atoms with Crippen LogP contribution in [0, 0.1) is 0 Å². The van der Waals surface area contributed by atoms with Gasteiger partial charge in [0.1, 0.15) is 0 Å². The topological polar surface area (TPSA) is 61.6 Å². The van der Waals surface area contributed by atoms with Crippen molar-refractivity contribution in [2.45, 2.75) is 6.61 Å². The third-order valence-electron chi connectivity index (χ3n) is 2.66. The SMILES string of the molecule is Nc1cc(Cl)c(Cl)c(C(=O)OCOCc2ccccc2)c1. The van der Waals surface area contributed by atoms with E-state index < -0.39 is 5.97 Å². The van der Waals surface area contributed by atoms with E-state index in [0.29, 0.717) is 12.3 Å². The van der Waals surface area contributed by atoms with E-state index in [4.69, 9.17) is 38.4 Å². The van der Waals surface area contributed by atoms with Crippen LogP contribution in [0.3, 0.4) is 0 Å². The lowest BCUT2D eigenvalue weighted by Crippen LogP contribution is -2.10. The Balaban J connectivity index is 1.88. The van der Waals surface area contributed by atoms with Crippen molar-refractivity contribution in [3.05, 3.63) is 63.6 Å². The fraction of sp³-hybridized carbons (Fsp3) is 0.133. The number of esters is 1. The van der Waals surface area contributed by atoms with Gasteiger partial charge in [-0.2, -0.15) is 0 Å². The highest BCUT2D eigenvalue weighted by Crippen LogP contribution is 2.29. The number of carbonyl (C=O) groups excluding carboxylic acids is 1. The molecule has 0 aliphatic heterocycles. The van der Waals surface area contributed by atoms with Gasteiger partial charge in [0.2, 0.25) is 0 Å². The molecule has 2 aromatic rings. The Morgan fingerprint density at radius 1 is 1.14 bits per heavy atom. The zero-order valence-corrected chi connectivity index (χ0v) is 12.5. The first-order chi connectivity index (χ1) is 10.1. The van der Waals surface area contributed by atoms with E-state index in [2.05, 4.69) is 0 Å². The average molecular weight is 326 g/mol. The zero-order chi connectivity index (χ0) is 15.2. The molecule has 4 nitrogen and oxygen atoms in total. The summed E-state index contributed by atoms with van der Waals surface area (Å²) in [6, 6.07) is 12.4. The van der Waals surface area contributed by atoms with Crippen LogP contribution in [0.25, 0.3) is 0 Å². The van der Waals surface area contributed by atoms with Gasteiger partial charge in [-0.25, -0.2) is 4.79 Å². The van der Waals surface area contributed by atoms with E-state index in [9.17, 15) is 4.79 Å². The van der Waals surface area contributed by atoms with Gasteiger partial charge in [-0.1, -0.05) is 53.5 Å². The molecule has 0 heterocycles. The van der Waals surface area contributed by atoms with Crippen molar-refractivity contribution < 1.29 is 14.3 Å². The highest BCUT2D eigenvalue weighted by Gasteiger charge is 2.15. The van der Waals surface area contributed by atoms with Crippen LogP contribution in [0.5, 0.6) is 0 Å². The predicted octanol–water partition coefficient (Wildman–Crippen LogP) is 3.91. The number of benzene rings is 2. The second-order valence-electron chi connectivity index (χ2n) is 4.25. The molecular weight excluding hydrogens is 313 g/mol. The van der Waals surface area contributed by atoms with Crippen LogP contribution in [-0.2, 0) is 16.1 Å². The van der Waals surface area contributed by atoms with Gasteiger partial charge in [-0.05, 0) is 17.7 Å². The molecule has 0 unspecified atom stereocenters. The second kappa shape index (κ2) is 7.31. The summed E-state index contributed by atoms with van der Waals surface area (Å²) < 4.78 is 10.2. The number of ether oxygens (including phenoxy) is 2. The molecule has 0 saturated heterocycles. The molecular formula is C15H13Cl2NO3. The van der Waals surface area contributed by atoms with E-state index in [1.165, 1.54) is 12.1 Å². The first kappa shape index (κ1) is 15.6. The summed E-state index contributed by atoms with van der Waals surface area (Å²) in [6.07, 6.45) is 0. The van der Waals surface area contributed by atoms with Crippen molar-refractivity contribution in [2.75, 3.05) is 12.5 Å². The Morgan fingerprint density at radius 3 is 2.57 bits per heavy atom. The van der Waals surface area contributed by atoms with Gasteiger partial charge in [0.05, 0.1) is 22.2 Å². The van der Waals surface area contributed by atoms with E-state index in [-0.39, 0.29) is 22.4 Å². The number of hydrogen-bond acceptors (Lipinski definition) is 4. The molecule has 0 spiro atoms. The molecule has 110 valence electrons. The minimum absolute atomic E-state index is 0.110. The minimum Gasteiger partial charge on any atom is -0.435 e. The lowest BCUT2D eigenvalue weighted by molar-refractivity contribution is -0.0381. The largest absolute Gasteiger partial charge is 0.435 e. The smallest absolute Gasteiger partial charge is 0.341 e. The van der Waals surface area contributed by atoms with Crippen molar-refractivity contribution >= 4 is 34.9 Å². The molecule has 0 aromatic heterocycles. The normalized spacial score (nSPS) is 10.4. The van der Waals surface area contributed by atoms with Gasteiger partial charge in [0, 0.05) is 5.69 Å². The predicted molar refractivity (Wildman–Crippen MR) is 82.4 cm³/mol. The number of carbonyl (C=O) groups is 1. The molecule has 2 aromatic carbocycles. The second-order valence-corrected chi connectivity index (χ2v) is 5.03. The van der Waals surface area contributed by atoms with Crippen molar-refractivity contribution in [1.29, 1.82) is 0 Å². The van der Waals surface area contributed by atoms with Crippen LogP contribution in [0.1, 0.15) is 15.9 Å². The van der Waals surface area contributed by atoms with Crippen molar-refractivity contribution in [3.63, 3.8) is 0 Å². The summed E-state index contributed by atoms with van der Waals surface area (Å²) in [5.41, 5.74) is 7.05. The third-order valence-corrected chi connectivity index (χ3v) is 3.46. The Morgan fingerprint density at radius 2 is 1.86 bits per heavy atom. The number of hydrogen-bond donors (Lipinski definition) is 1. The molecule has 0 amide bonds. The maximum Gasteiger partial charge on any atom is 0.341 e. The van der Waals surface area contributed by atoms with Crippen LogP contribution in [0.2, 0.25) is 10.0 Å². The molecule has 2 N–H and O–H groups in total. The Hall–Kier alpha value is -1.75. The summed E-state index contributed by atoms with van der Waals surface area (Å²) in [5, 5.41) is 0.313. The van der Waals surface area contributed by atoms with Crippen LogP contribution in [0.4, 0.5) is 5.69 Å². The maximum atomic E-state index is 11.9. The summed E-state index contributed by atoms with van der Waals surface area (Å²) >= 11 is 11.8. The number of nitrogen functional groups attached to an aromatic ring is 1. The summed E-state index contributed by atoms with van der Waals surface area (Å²) in [5.74, 6) is -0.637. The van der Waals surface area contributed by atoms with Gasteiger partial charge < -0.3 is 15.2 Å². The molecule has 0 radical (unpaired) electrons. The molecule has 2 rings (SSSR count). The Bertz CT molecular complexity index is 632. The summed E-state index contributed by atoms with van der Waals surface area (Å²) in [4.78, 5) is 11.9. The van der Waals surface area contributed by atoms with Gasteiger partial charge in [-0.15, -0.1) is 0 Å². The molecule has 0 aliphatic rings. The first-order valence-corrected chi connectivity index (χ1v) is 6.87. The van der Waals surface area contributed by atoms with Gasteiger partial charge >= 0.3 is 5.97 Å². The fourth-order valence-corrected chi connectivity index (χ4v) is 2.08. The standard InChI is InChI=1S/C15H13Cl2NO3/c16-13-7-11(18)6-12(14(13)17)15(19)21-9-20-8-10-4-2-1-3-5-10/h1-7H,8-9,18H2. The monoisotopic (exact) mass is 325 g/mol. The van der Waals surface area contributed by atoms with E-state index in [1.807, 2.05) is 30.3 Å². The minimum atomic E-state index is -0.637. The van der Waals surface area contributed by atoms with Crippen LogP contribution in [0.15, 0.2) is 42.5 Å². The lowest BCUT2D eigenvalue weighted by atomic mass is 10.2. The van der Waals surface area contributed by atoms with Crippen molar-refractivity contribution in [1.82, 2.24) is 0 Å². The van der Waals surface area contributed by atoms with Crippen LogP contribution < -0.4 is 5.73 Å². The molecule has 0 fully saturated rings. The number of rotatable bonds is 5. The maximum absolute atomic E-state index is 11.9. The average Bonchev–Trinajstić information content (AvgIpc) is 2.48. The molecule has 0 bridgehead atoms. The molecule has 6 heteroatoms. The van der Waals surface area contributed by atoms with Gasteiger partial charge in [-0.3, -0.25) is 0 Å². The number of nitrogens with two attached hydrogens (primary N) is 1. The van der Waals surface area contributed by atoms with E-state index in [1.54, 1.807) is 0 Å². The highest BCUT2D eigenvalue weighted by atomic mass is 35.5. The Kier molecular flexibility index (Phi) is 5.44. The van der Waals surface area contributed by atoms with E-state index >= 15 is 0 Å². The fourth-order valence-electron chi connectivity index (χ4n) is 1.67. The van der Waals surface area contributed by atoms with Gasteiger partial charge in [0.25, 0.3) is 0 Å². The summed E-state index contributed by atoms with van der Waals surface area (Å²) in [7, 11) is 0. The van der Waals surface area contributed by atoms with Crippen LogP contribution >= 0.6 is 23.2 Å². The van der Waals surface area contributed by atoms with Crippen LogP contribution in [-0.4, -0.2) is 12.8 Å². The molecule has 0 atom stereocenters. The molecule has 0 saturated carbocycles. The molecule has 0 aliphatic carbocycles. The Labute approximate surface area is 132 Å². The highest BCUT2D eigenvalue weighted by molar-refractivity contribution is 6.44. The number of halogens is 2. The van der Waals surface area contributed by atoms with Crippen molar-refractivity contribution in [2.24, 2.45) is 0 Å². The molecule has 21 heavy (non-hydrogen) atoms. The third kappa shape index (κ3) is 4.36. The van der Waals surface area contributed by atoms with Gasteiger partial charge in [0.15, 0.2) is 6.79 Å².